The lowest BCUT2D eigenvalue weighted by Crippen LogP contribution is -2.47. The molecule has 2 nitrogen and oxygen atoms in total. The molecule has 0 radical (unpaired) electrons. The van der Waals surface area contributed by atoms with Crippen LogP contribution in [0.4, 0.5) is 0 Å². The number of nitrogens with zero attached hydrogens (tertiary/aromatic N) is 1. The van der Waals surface area contributed by atoms with Crippen molar-refractivity contribution in [2.75, 3.05) is 32.7 Å². The van der Waals surface area contributed by atoms with Gasteiger partial charge in [-0.05, 0) is 50.1 Å². The Labute approximate surface area is 120 Å². The predicted octanol–water partition coefficient (Wildman–Crippen LogP) is 3.67. The minimum absolute atomic E-state index is 0.577. The SMILES string of the molecule is CCNCC1(CN(CC)CC2CCC2)CCCCC1. The smallest absolute Gasteiger partial charge is 0.00501 e. The highest BCUT2D eigenvalue weighted by molar-refractivity contribution is 4.88. The lowest BCUT2D eigenvalue weighted by molar-refractivity contribution is 0.0833. The molecule has 0 bridgehead atoms. The zero-order valence-electron chi connectivity index (χ0n) is 13.2. The van der Waals surface area contributed by atoms with E-state index in [9.17, 15) is 0 Å². The van der Waals surface area contributed by atoms with Gasteiger partial charge in [-0.25, -0.2) is 0 Å². The fourth-order valence-electron chi connectivity index (χ4n) is 3.90. The van der Waals surface area contributed by atoms with E-state index < -0.39 is 0 Å². The van der Waals surface area contributed by atoms with Crippen molar-refractivity contribution in [2.45, 2.75) is 65.2 Å². The highest BCUT2D eigenvalue weighted by atomic mass is 15.1. The Bertz CT molecular complexity index is 242. The van der Waals surface area contributed by atoms with Gasteiger partial charge in [-0.15, -0.1) is 0 Å². The zero-order valence-corrected chi connectivity index (χ0v) is 13.2. The fraction of sp³-hybridized carbons (Fsp3) is 1.00. The van der Waals surface area contributed by atoms with E-state index in [1.165, 1.54) is 77.5 Å². The third-order valence-electron chi connectivity index (χ3n) is 5.41. The maximum atomic E-state index is 3.64. The van der Waals surface area contributed by atoms with Crippen molar-refractivity contribution in [3.63, 3.8) is 0 Å². The van der Waals surface area contributed by atoms with Crippen molar-refractivity contribution in [3.8, 4) is 0 Å². The van der Waals surface area contributed by atoms with E-state index in [2.05, 4.69) is 24.1 Å². The van der Waals surface area contributed by atoms with Crippen molar-refractivity contribution in [1.82, 2.24) is 10.2 Å². The summed E-state index contributed by atoms with van der Waals surface area (Å²) in [6.07, 6.45) is 11.7. The van der Waals surface area contributed by atoms with E-state index in [1.807, 2.05) is 0 Å². The van der Waals surface area contributed by atoms with E-state index in [1.54, 1.807) is 0 Å². The Balaban J connectivity index is 1.88. The van der Waals surface area contributed by atoms with Gasteiger partial charge in [0, 0.05) is 19.6 Å². The number of rotatable bonds is 8. The van der Waals surface area contributed by atoms with Crippen LogP contribution in [0.25, 0.3) is 0 Å². The van der Waals surface area contributed by atoms with Crippen LogP contribution in [0.15, 0.2) is 0 Å². The van der Waals surface area contributed by atoms with E-state index in [0.29, 0.717) is 5.41 Å². The Morgan fingerprint density at radius 2 is 1.79 bits per heavy atom. The molecule has 0 aromatic carbocycles. The Morgan fingerprint density at radius 3 is 2.32 bits per heavy atom. The van der Waals surface area contributed by atoms with E-state index in [0.717, 1.165) is 12.5 Å². The summed E-state index contributed by atoms with van der Waals surface area (Å²) in [5.41, 5.74) is 0.577. The molecule has 1 N–H and O–H groups in total. The average Bonchev–Trinajstić information content (AvgIpc) is 2.40. The first-order valence-corrected chi connectivity index (χ1v) is 8.71. The largest absolute Gasteiger partial charge is 0.316 e. The molecule has 19 heavy (non-hydrogen) atoms. The summed E-state index contributed by atoms with van der Waals surface area (Å²) in [6, 6.07) is 0. The Hall–Kier alpha value is -0.0800. The third kappa shape index (κ3) is 4.46. The molecule has 2 heteroatoms. The van der Waals surface area contributed by atoms with Crippen LogP contribution < -0.4 is 5.32 Å². The van der Waals surface area contributed by atoms with Gasteiger partial charge in [0.1, 0.15) is 0 Å². The molecule has 0 aliphatic heterocycles. The van der Waals surface area contributed by atoms with Gasteiger partial charge < -0.3 is 10.2 Å². The van der Waals surface area contributed by atoms with Crippen molar-refractivity contribution >= 4 is 0 Å². The average molecular weight is 266 g/mol. The maximum Gasteiger partial charge on any atom is 0.00501 e. The van der Waals surface area contributed by atoms with Crippen LogP contribution in [0.1, 0.15) is 65.2 Å². The van der Waals surface area contributed by atoms with Crippen molar-refractivity contribution in [1.29, 1.82) is 0 Å². The molecule has 0 heterocycles. The van der Waals surface area contributed by atoms with Crippen LogP contribution in [0.2, 0.25) is 0 Å². The monoisotopic (exact) mass is 266 g/mol. The second-order valence-corrected chi connectivity index (χ2v) is 6.97. The normalized spacial score (nSPS) is 23.5. The van der Waals surface area contributed by atoms with Gasteiger partial charge in [-0.1, -0.05) is 39.5 Å². The van der Waals surface area contributed by atoms with Gasteiger partial charge in [0.15, 0.2) is 0 Å². The lowest BCUT2D eigenvalue weighted by Gasteiger charge is -2.43. The topological polar surface area (TPSA) is 15.3 Å². The Morgan fingerprint density at radius 1 is 1.05 bits per heavy atom. The van der Waals surface area contributed by atoms with Crippen LogP contribution in [0.5, 0.6) is 0 Å². The highest BCUT2D eigenvalue weighted by Gasteiger charge is 2.34. The quantitative estimate of drug-likeness (QED) is 0.721. The molecule has 0 aromatic heterocycles. The molecule has 2 saturated carbocycles. The van der Waals surface area contributed by atoms with E-state index >= 15 is 0 Å². The molecule has 2 aliphatic rings. The first-order chi connectivity index (χ1) is 9.28. The molecular formula is C17H34N2. The summed E-state index contributed by atoms with van der Waals surface area (Å²) in [5, 5.41) is 3.64. The van der Waals surface area contributed by atoms with Crippen molar-refractivity contribution in [3.05, 3.63) is 0 Å². The number of hydrogen-bond donors (Lipinski definition) is 1. The molecule has 112 valence electrons. The molecule has 0 atom stereocenters. The van der Waals surface area contributed by atoms with Crippen molar-refractivity contribution in [2.24, 2.45) is 11.3 Å². The van der Waals surface area contributed by atoms with Crippen LogP contribution in [0.3, 0.4) is 0 Å². The van der Waals surface area contributed by atoms with Gasteiger partial charge >= 0.3 is 0 Å². The van der Waals surface area contributed by atoms with Crippen LogP contribution in [0, 0.1) is 11.3 Å². The summed E-state index contributed by atoms with van der Waals surface area (Å²) in [5.74, 6) is 1.01. The molecule has 2 fully saturated rings. The van der Waals surface area contributed by atoms with Gasteiger partial charge in [-0.3, -0.25) is 0 Å². The Kier molecular flexibility index (Phi) is 6.15. The van der Waals surface area contributed by atoms with Gasteiger partial charge in [-0.2, -0.15) is 0 Å². The summed E-state index contributed by atoms with van der Waals surface area (Å²) in [7, 11) is 0. The summed E-state index contributed by atoms with van der Waals surface area (Å²) >= 11 is 0. The molecule has 0 amide bonds. The van der Waals surface area contributed by atoms with Crippen LogP contribution in [-0.2, 0) is 0 Å². The summed E-state index contributed by atoms with van der Waals surface area (Å²) in [4.78, 5) is 2.76. The fourth-order valence-corrected chi connectivity index (χ4v) is 3.90. The minimum Gasteiger partial charge on any atom is -0.316 e. The first-order valence-electron chi connectivity index (χ1n) is 8.71. The standard InChI is InChI=1S/C17H34N2/c1-3-18-14-17(11-6-5-7-12-17)15-19(4-2)13-16-9-8-10-16/h16,18H,3-15H2,1-2H3. The minimum atomic E-state index is 0.577. The molecule has 0 saturated heterocycles. The second-order valence-electron chi connectivity index (χ2n) is 6.97. The maximum absolute atomic E-state index is 3.64. The first kappa shape index (κ1) is 15.3. The molecular weight excluding hydrogens is 232 g/mol. The van der Waals surface area contributed by atoms with Gasteiger partial charge in [0.2, 0.25) is 0 Å². The molecule has 2 rings (SSSR count). The van der Waals surface area contributed by atoms with Crippen LogP contribution >= 0.6 is 0 Å². The van der Waals surface area contributed by atoms with Gasteiger partial charge in [0.25, 0.3) is 0 Å². The summed E-state index contributed by atoms with van der Waals surface area (Å²) in [6.45, 7) is 10.9. The molecule has 0 aromatic rings. The molecule has 0 spiro atoms. The second kappa shape index (κ2) is 7.64. The van der Waals surface area contributed by atoms with Gasteiger partial charge in [0.05, 0.1) is 0 Å². The lowest BCUT2D eigenvalue weighted by atomic mass is 9.73. The van der Waals surface area contributed by atoms with E-state index in [4.69, 9.17) is 0 Å². The molecule has 2 aliphatic carbocycles. The summed E-state index contributed by atoms with van der Waals surface area (Å²) < 4.78 is 0. The predicted molar refractivity (Wildman–Crippen MR) is 83.5 cm³/mol. The highest BCUT2D eigenvalue weighted by Crippen LogP contribution is 2.37. The number of hydrogen-bond acceptors (Lipinski definition) is 2. The third-order valence-corrected chi connectivity index (χ3v) is 5.41. The number of nitrogens with one attached hydrogen (secondary N) is 1. The zero-order chi connectivity index (χ0) is 13.6. The van der Waals surface area contributed by atoms with Crippen LogP contribution in [-0.4, -0.2) is 37.6 Å². The van der Waals surface area contributed by atoms with E-state index in [-0.39, 0.29) is 0 Å². The molecule has 0 unspecified atom stereocenters. The van der Waals surface area contributed by atoms with Crippen molar-refractivity contribution < 1.29 is 0 Å².